The fourth-order valence-corrected chi connectivity index (χ4v) is 6.35. The van der Waals surface area contributed by atoms with Gasteiger partial charge in [-0.3, -0.25) is 0 Å². The van der Waals surface area contributed by atoms with Gasteiger partial charge in [-0.15, -0.1) is 0 Å². The topological polar surface area (TPSA) is 307 Å². The molecular formula is C34H48N4O15. The number of nitrogens with two attached hydrogens (primary N) is 2. The second kappa shape index (κ2) is 18.7. The minimum absolute atomic E-state index is 0.0446. The summed E-state index contributed by atoms with van der Waals surface area (Å²) in [5.41, 5.74) is 13.7. The molecular weight excluding hydrogens is 704 g/mol. The first-order valence-corrected chi connectivity index (χ1v) is 17.1. The van der Waals surface area contributed by atoms with Crippen molar-refractivity contribution in [2.24, 2.45) is 11.5 Å². The van der Waals surface area contributed by atoms with Crippen molar-refractivity contribution in [2.75, 3.05) is 13.2 Å². The third-order valence-electron chi connectivity index (χ3n) is 9.38. The summed E-state index contributed by atoms with van der Waals surface area (Å²) in [6.45, 7) is -1.21. The normalized spacial score (nSPS) is 37.3. The van der Waals surface area contributed by atoms with Crippen molar-refractivity contribution in [3.8, 4) is 0 Å². The van der Waals surface area contributed by atoms with E-state index in [-0.39, 0.29) is 19.6 Å². The second-order valence-corrected chi connectivity index (χ2v) is 13.1. The van der Waals surface area contributed by atoms with Gasteiger partial charge in [-0.1, -0.05) is 60.7 Å². The zero-order valence-corrected chi connectivity index (χ0v) is 28.5. The number of nitrogens with one attached hydrogen (secondary N) is 2. The Bertz CT molecular complexity index is 1450. The molecule has 3 fully saturated rings. The molecule has 2 aromatic rings. The highest BCUT2D eigenvalue weighted by Crippen LogP contribution is 2.32. The lowest BCUT2D eigenvalue weighted by Crippen LogP contribution is -2.69. The van der Waals surface area contributed by atoms with E-state index in [2.05, 4.69) is 10.6 Å². The number of alkyl carbamates (subject to hydrolysis) is 2. The Morgan fingerprint density at radius 3 is 1.83 bits per heavy atom. The van der Waals surface area contributed by atoms with Crippen LogP contribution in [0.2, 0.25) is 0 Å². The summed E-state index contributed by atoms with van der Waals surface area (Å²) < 4.78 is 33.7. The molecule has 6 unspecified atom stereocenters. The number of hydrogen-bond acceptors (Lipinski definition) is 17. The summed E-state index contributed by atoms with van der Waals surface area (Å²) in [5.74, 6) is 0. The fraction of sp³-hybridized carbons (Fsp3) is 0.588. The summed E-state index contributed by atoms with van der Waals surface area (Å²) in [6.07, 6.45) is -21.1. The molecule has 0 radical (unpaired) electrons. The Hall–Kier alpha value is -3.54. The Morgan fingerprint density at radius 2 is 1.23 bits per heavy atom. The minimum atomic E-state index is -1.90. The molecule has 1 aliphatic carbocycles. The van der Waals surface area contributed by atoms with Crippen LogP contribution in [0.25, 0.3) is 0 Å². The molecule has 15 atom stereocenters. The average Bonchev–Trinajstić information content (AvgIpc) is 3.16. The number of carbonyl (C=O) groups is 2. The van der Waals surface area contributed by atoms with Gasteiger partial charge in [0.2, 0.25) is 0 Å². The van der Waals surface area contributed by atoms with Crippen molar-refractivity contribution in [3.05, 3.63) is 71.8 Å². The van der Waals surface area contributed by atoms with E-state index in [9.17, 15) is 45.3 Å². The van der Waals surface area contributed by atoms with Gasteiger partial charge in [-0.2, -0.15) is 0 Å². The molecule has 2 amide bonds. The van der Waals surface area contributed by atoms with Crippen molar-refractivity contribution < 1.29 is 73.8 Å². The Balaban J connectivity index is 1.29. The van der Waals surface area contributed by atoms with Gasteiger partial charge >= 0.3 is 12.2 Å². The van der Waals surface area contributed by atoms with Crippen molar-refractivity contribution >= 4 is 12.2 Å². The predicted molar refractivity (Wildman–Crippen MR) is 179 cm³/mol. The van der Waals surface area contributed by atoms with E-state index in [0.717, 1.165) is 5.56 Å². The molecule has 2 aliphatic heterocycles. The van der Waals surface area contributed by atoms with Crippen LogP contribution in [-0.2, 0) is 41.6 Å². The maximum atomic E-state index is 13.0. The number of rotatable bonds is 12. The third kappa shape index (κ3) is 10.2. The summed E-state index contributed by atoms with van der Waals surface area (Å²) in [6, 6.07) is 14.1. The van der Waals surface area contributed by atoms with Crippen LogP contribution < -0.4 is 22.1 Å². The molecule has 294 valence electrons. The highest BCUT2D eigenvalue weighted by Gasteiger charge is 2.52. The molecule has 19 nitrogen and oxygen atoms in total. The number of ether oxygens (including phenoxy) is 6. The Labute approximate surface area is 304 Å². The summed E-state index contributed by atoms with van der Waals surface area (Å²) in [7, 11) is 0. The average molecular weight is 753 g/mol. The van der Waals surface area contributed by atoms with Crippen molar-refractivity contribution in [3.63, 3.8) is 0 Å². The molecule has 3 aliphatic rings. The van der Waals surface area contributed by atoms with Gasteiger partial charge in [0.1, 0.15) is 74.3 Å². The third-order valence-corrected chi connectivity index (χ3v) is 9.38. The van der Waals surface area contributed by atoms with Crippen LogP contribution >= 0.6 is 0 Å². The molecule has 19 heteroatoms. The molecule has 5 rings (SSSR count). The van der Waals surface area contributed by atoms with Gasteiger partial charge in [0.25, 0.3) is 0 Å². The lowest BCUT2D eigenvalue weighted by atomic mass is 9.83. The zero-order valence-electron chi connectivity index (χ0n) is 28.5. The van der Waals surface area contributed by atoms with Crippen molar-refractivity contribution in [1.29, 1.82) is 0 Å². The van der Waals surface area contributed by atoms with Gasteiger partial charge in [0.05, 0.1) is 18.7 Å². The van der Waals surface area contributed by atoms with Crippen molar-refractivity contribution in [2.45, 2.75) is 111 Å². The maximum absolute atomic E-state index is 13.0. The number of aliphatic hydroxyl groups excluding tert-OH is 7. The van der Waals surface area contributed by atoms with E-state index in [1.165, 1.54) is 0 Å². The summed E-state index contributed by atoms with van der Waals surface area (Å²) in [4.78, 5) is 25.3. The van der Waals surface area contributed by atoms with Crippen LogP contribution in [0.3, 0.4) is 0 Å². The smallest absolute Gasteiger partial charge is 0.407 e. The molecule has 53 heavy (non-hydrogen) atoms. The summed E-state index contributed by atoms with van der Waals surface area (Å²) in [5, 5.41) is 79.6. The van der Waals surface area contributed by atoms with E-state index in [1.807, 2.05) is 0 Å². The SMILES string of the molecule is NC1[C@@H](O)C(O[C@H]2C(O)[C@H](O[C@H]3OC(CNC(=O)OCc4ccccc4)[C@@H](O)C(O)[C@@H]3O)C(NC(=O)OCc3ccccc3)C[C@H]2N)O[C@H](CO)[C@H]1O. The van der Waals surface area contributed by atoms with E-state index in [1.54, 1.807) is 60.7 Å². The molecule has 2 aromatic carbocycles. The number of amides is 2. The number of hydrogen-bond donors (Lipinski definition) is 11. The molecule has 1 saturated carbocycles. The monoisotopic (exact) mass is 752 g/mol. The van der Waals surface area contributed by atoms with E-state index in [0.29, 0.717) is 5.56 Å². The first-order chi connectivity index (χ1) is 25.4. The van der Waals surface area contributed by atoms with Crippen LogP contribution in [0.4, 0.5) is 9.59 Å². The van der Waals surface area contributed by atoms with Crippen molar-refractivity contribution in [1.82, 2.24) is 10.6 Å². The van der Waals surface area contributed by atoms with Crippen LogP contribution in [0.1, 0.15) is 17.5 Å². The van der Waals surface area contributed by atoms with Gasteiger partial charge in [0.15, 0.2) is 12.6 Å². The lowest BCUT2D eigenvalue weighted by molar-refractivity contribution is -0.333. The molecule has 2 heterocycles. The lowest BCUT2D eigenvalue weighted by Gasteiger charge is -2.48. The van der Waals surface area contributed by atoms with Gasteiger partial charge in [-0.05, 0) is 17.5 Å². The van der Waals surface area contributed by atoms with Crippen LogP contribution in [0.15, 0.2) is 60.7 Å². The van der Waals surface area contributed by atoms with E-state index < -0.39 is 117 Å². The van der Waals surface area contributed by atoms with Crippen LogP contribution in [-0.4, -0.2) is 153 Å². The zero-order chi connectivity index (χ0) is 38.2. The first-order valence-electron chi connectivity index (χ1n) is 17.1. The van der Waals surface area contributed by atoms with Gasteiger partial charge in [-0.25, -0.2) is 9.59 Å². The summed E-state index contributed by atoms with van der Waals surface area (Å²) >= 11 is 0. The van der Waals surface area contributed by atoms with Gasteiger partial charge < -0.3 is 86.3 Å². The minimum Gasteiger partial charge on any atom is -0.445 e. The molecule has 2 saturated heterocycles. The number of benzene rings is 2. The maximum Gasteiger partial charge on any atom is 0.407 e. The second-order valence-electron chi connectivity index (χ2n) is 13.1. The highest BCUT2D eigenvalue weighted by atomic mass is 16.7. The molecule has 13 N–H and O–H groups in total. The predicted octanol–water partition coefficient (Wildman–Crippen LogP) is -3.36. The van der Waals surface area contributed by atoms with Crippen LogP contribution in [0.5, 0.6) is 0 Å². The van der Waals surface area contributed by atoms with E-state index >= 15 is 0 Å². The molecule has 0 spiro atoms. The first kappa shape index (κ1) is 40.6. The van der Waals surface area contributed by atoms with Crippen LogP contribution in [0, 0.1) is 0 Å². The Morgan fingerprint density at radius 1 is 0.679 bits per heavy atom. The Kier molecular flexibility index (Phi) is 14.3. The fourth-order valence-electron chi connectivity index (χ4n) is 6.35. The van der Waals surface area contributed by atoms with Gasteiger partial charge in [0, 0.05) is 12.6 Å². The number of carbonyl (C=O) groups excluding carboxylic acids is 2. The number of aliphatic hydroxyl groups is 7. The van der Waals surface area contributed by atoms with E-state index in [4.69, 9.17) is 39.9 Å². The highest BCUT2D eigenvalue weighted by molar-refractivity contribution is 5.68. The standard InChI is InChI=1S/C34H48N4O15/c35-18-11-19(38-34(47)49-15-17-9-5-2-6-10-17)30(28(45)29(18)52-31-25(42)22(36)23(40)21(13-39)51-31)53-32-27(44)26(43)24(41)20(50-32)12-37-33(46)48-14-16-7-3-1-4-8-16/h1-10,18-32,39-45H,11-15,35-36H2,(H,37,46)(H,38,47)/t18-,19?,20?,21-,22?,23-,24-,25-,26?,27+,28?,29-,30-,31?,32-/m1/s1. The quantitative estimate of drug-likeness (QED) is 0.101. The largest absolute Gasteiger partial charge is 0.445 e. The molecule has 0 bridgehead atoms. The molecule has 0 aromatic heterocycles.